The number of rotatable bonds is 4. The summed E-state index contributed by atoms with van der Waals surface area (Å²) in [5.41, 5.74) is 2.64. The van der Waals surface area contributed by atoms with Gasteiger partial charge in [0.05, 0.1) is 22.5 Å². The molecule has 3 rings (SSSR count). The van der Waals surface area contributed by atoms with Gasteiger partial charge in [-0.1, -0.05) is 29.3 Å². The number of pyridine rings is 1. The van der Waals surface area contributed by atoms with E-state index in [4.69, 9.17) is 23.2 Å². The molecule has 2 aromatic carbocycles. The first-order valence-electron chi connectivity index (χ1n) is 8.44. The van der Waals surface area contributed by atoms with E-state index in [2.05, 4.69) is 22.4 Å². The van der Waals surface area contributed by atoms with E-state index in [1.54, 1.807) is 49.5 Å². The van der Waals surface area contributed by atoms with E-state index in [1.807, 2.05) is 0 Å². The van der Waals surface area contributed by atoms with Gasteiger partial charge >= 0.3 is 0 Å². The Morgan fingerprint density at radius 1 is 0.966 bits per heavy atom. The standard InChI is InChI=1S/C22H13Cl2FN4/c1-13-16(11-26)21(22-18(23)3-2-4-19(22)24)17(12-27)20(29-13)9-10-28-15-7-5-14(25)6-8-15/h2-10,28H,1H3. The van der Waals surface area contributed by atoms with Gasteiger partial charge in [-0.25, -0.2) is 4.39 Å². The van der Waals surface area contributed by atoms with Crippen LogP contribution < -0.4 is 5.32 Å². The largest absolute Gasteiger partial charge is 0.362 e. The summed E-state index contributed by atoms with van der Waals surface area (Å²) in [4.78, 5) is 4.39. The summed E-state index contributed by atoms with van der Waals surface area (Å²) in [6.45, 7) is 1.68. The fraction of sp³-hybridized carbons (Fsp3) is 0.0455. The van der Waals surface area contributed by atoms with Crippen LogP contribution in [0, 0.1) is 35.4 Å². The number of aromatic nitrogens is 1. The van der Waals surface area contributed by atoms with Crippen LogP contribution in [0.2, 0.25) is 10.0 Å². The van der Waals surface area contributed by atoms with Crippen LogP contribution in [0.15, 0.2) is 48.7 Å². The zero-order valence-corrected chi connectivity index (χ0v) is 16.7. The Hall–Kier alpha value is -3.38. The predicted octanol–water partition coefficient (Wildman–Crippen LogP) is 6.33. The predicted molar refractivity (Wildman–Crippen MR) is 113 cm³/mol. The zero-order valence-electron chi connectivity index (χ0n) is 15.2. The Balaban J connectivity index is 2.14. The van der Waals surface area contributed by atoms with E-state index >= 15 is 0 Å². The molecule has 1 aromatic heterocycles. The molecule has 0 aliphatic heterocycles. The molecule has 0 aliphatic rings. The number of nitrogens with one attached hydrogen (secondary N) is 1. The van der Waals surface area contributed by atoms with Crippen LogP contribution >= 0.6 is 23.2 Å². The van der Waals surface area contributed by atoms with Gasteiger partial charge in [-0.2, -0.15) is 10.5 Å². The quantitative estimate of drug-likeness (QED) is 0.532. The summed E-state index contributed by atoms with van der Waals surface area (Å²) < 4.78 is 13.0. The second-order valence-electron chi connectivity index (χ2n) is 6.01. The van der Waals surface area contributed by atoms with Gasteiger partial charge in [-0.3, -0.25) is 4.98 Å². The van der Waals surface area contributed by atoms with Gasteiger partial charge in [0.1, 0.15) is 18.0 Å². The lowest BCUT2D eigenvalue weighted by Gasteiger charge is -2.14. The molecular formula is C22H13Cl2FN4. The van der Waals surface area contributed by atoms with E-state index in [9.17, 15) is 14.9 Å². The number of halogens is 3. The third-order valence-electron chi connectivity index (χ3n) is 4.18. The van der Waals surface area contributed by atoms with Crippen molar-refractivity contribution in [2.45, 2.75) is 6.92 Å². The Morgan fingerprint density at radius 3 is 2.17 bits per heavy atom. The molecule has 0 bridgehead atoms. The van der Waals surface area contributed by atoms with Gasteiger partial charge in [0.2, 0.25) is 0 Å². The van der Waals surface area contributed by atoms with Crippen LogP contribution in [0.3, 0.4) is 0 Å². The fourth-order valence-electron chi connectivity index (χ4n) is 2.85. The Bertz CT molecular complexity index is 1170. The maximum absolute atomic E-state index is 13.0. The maximum Gasteiger partial charge on any atom is 0.123 e. The highest BCUT2D eigenvalue weighted by Crippen LogP contribution is 2.40. The Morgan fingerprint density at radius 2 is 1.59 bits per heavy atom. The van der Waals surface area contributed by atoms with Gasteiger partial charge in [0, 0.05) is 33.1 Å². The van der Waals surface area contributed by atoms with E-state index in [1.165, 1.54) is 12.1 Å². The van der Waals surface area contributed by atoms with Crippen molar-refractivity contribution in [1.82, 2.24) is 4.98 Å². The first-order valence-corrected chi connectivity index (χ1v) is 9.19. The highest BCUT2D eigenvalue weighted by Gasteiger charge is 2.22. The summed E-state index contributed by atoms with van der Waals surface area (Å²) in [6.07, 6.45) is 3.18. The number of hydrogen-bond donors (Lipinski definition) is 1. The highest BCUT2D eigenvalue weighted by atomic mass is 35.5. The van der Waals surface area contributed by atoms with Crippen molar-refractivity contribution in [1.29, 1.82) is 10.5 Å². The molecule has 0 spiro atoms. The molecule has 1 N–H and O–H groups in total. The smallest absolute Gasteiger partial charge is 0.123 e. The van der Waals surface area contributed by atoms with Gasteiger partial charge in [-0.15, -0.1) is 0 Å². The zero-order chi connectivity index (χ0) is 21.0. The minimum atomic E-state index is -0.336. The SMILES string of the molecule is Cc1nc(C=CNc2ccc(F)cc2)c(C#N)c(-c2c(Cl)cccc2Cl)c1C#N. The van der Waals surface area contributed by atoms with Crippen LogP contribution in [-0.2, 0) is 0 Å². The molecule has 0 atom stereocenters. The first kappa shape index (κ1) is 20.4. The Labute approximate surface area is 177 Å². The number of anilines is 1. The monoisotopic (exact) mass is 422 g/mol. The molecule has 29 heavy (non-hydrogen) atoms. The molecule has 0 unspecified atom stereocenters. The molecule has 0 radical (unpaired) electrons. The van der Waals surface area contributed by atoms with Gasteiger partial charge in [0.15, 0.2) is 0 Å². The molecule has 0 fully saturated rings. The third-order valence-corrected chi connectivity index (χ3v) is 4.81. The van der Waals surface area contributed by atoms with Crippen LogP contribution in [0.4, 0.5) is 10.1 Å². The van der Waals surface area contributed by atoms with Crippen molar-refractivity contribution < 1.29 is 4.39 Å². The van der Waals surface area contributed by atoms with Crippen molar-refractivity contribution in [3.8, 4) is 23.3 Å². The molecule has 3 aromatic rings. The van der Waals surface area contributed by atoms with Crippen molar-refractivity contribution in [2.75, 3.05) is 5.32 Å². The maximum atomic E-state index is 13.0. The molecule has 0 saturated carbocycles. The average molecular weight is 423 g/mol. The topological polar surface area (TPSA) is 72.5 Å². The first-order chi connectivity index (χ1) is 14.0. The number of benzene rings is 2. The summed E-state index contributed by atoms with van der Waals surface area (Å²) in [5.74, 6) is -0.336. The van der Waals surface area contributed by atoms with Crippen molar-refractivity contribution >= 4 is 35.0 Å². The summed E-state index contributed by atoms with van der Waals surface area (Å²) in [5, 5.41) is 23.1. The van der Waals surface area contributed by atoms with Gasteiger partial charge < -0.3 is 5.32 Å². The second-order valence-corrected chi connectivity index (χ2v) is 6.83. The van der Waals surface area contributed by atoms with E-state index in [-0.39, 0.29) is 16.9 Å². The lowest BCUT2D eigenvalue weighted by molar-refractivity contribution is 0.628. The molecule has 0 saturated heterocycles. The van der Waals surface area contributed by atoms with Crippen LogP contribution in [0.25, 0.3) is 17.2 Å². The Kier molecular flexibility index (Phi) is 6.14. The summed E-state index contributed by atoms with van der Waals surface area (Å²) in [7, 11) is 0. The van der Waals surface area contributed by atoms with Crippen molar-refractivity contribution in [2.24, 2.45) is 0 Å². The van der Waals surface area contributed by atoms with Crippen LogP contribution in [-0.4, -0.2) is 4.98 Å². The van der Waals surface area contributed by atoms with E-state index in [0.29, 0.717) is 38.2 Å². The van der Waals surface area contributed by atoms with Crippen LogP contribution in [0.5, 0.6) is 0 Å². The molecule has 0 aliphatic carbocycles. The summed E-state index contributed by atoms with van der Waals surface area (Å²) >= 11 is 12.7. The molecule has 142 valence electrons. The lowest BCUT2D eigenvalue weighted by atomic mass is 9.93. The number of aryl methyl sites for hydroxylation is 1. The van der Waals surface area contributed by atoms with Crippen molar-refractivity contribution in [3.63, 3.8) is 0 Å². The molecule has 7 heteroatoms. The highest BCUT2D eigenvalue weighted by molar-refractivity contribution is 6.39. The van der Waals surface area contributed by atoms with E-state index in [0.717, 1.165) is 0 Å². The fourth-order valence-corrected chi connectivity index (χ4v) is 3.43. The normalized spacial score (nSPS) is 10.6. The molecule has 4 nitrogen and oxygen atoms in total. The minimum absolute atomic E-state index is 0.180. The number of hydrogen-bond acceptors (Lipinski definition) is 4. The van der Waals surface area contributed by atoms with Crippen molar-refractivity contribution in [3.05, 3.63) is 87.0 Å². The number of nitriles is 2. The minimum Gasteiger partial charge on any atom is -0.362 e. The third kappa shape index (κ3) is 4.22. The average Bonchev–Trinajstić information content (AvgIpc) is 2.69. The van der Waals surface area contributed by atoms with Gasteiger partial charge in [0.25, 0.3) is 0 Å². The number of nitrogens with zero attached hydrogens (tertiary/aromatic N) is 3. The van der Waals surface area contributed by atoms with Crippen LogP contribution in [0.1, 0.15) is 22.5 Å². The lowest BCUT2D eigenvalue weighted by Crippen LogP contribution is -2.02. The molecule has 1 heterocycles. The van der Waals surface area contributed by atoms with E-state index < -0.39 is 0 Å². The second kappa shape index (κ2) is 8.75. The molecule has 0 amide bonds. The summed E-state index contributed by atoms with van der Waals surface area (Å²) in [6, 6.07) is 15.0. The van der Waals surface area contributed by atoms with Gasteiger partial charge in [-0.05, 0) is 49.4 Å². The molecular weight excluding hydrogens is 410 g/mol.